The summed E-state index contributed by atoms with van der Waals surface area (Å²) >= 11 is 0. The lowest BCUT2D eigenvalue weighted by Gasteiger charge is -2.32. The summed E-state index contributed by atoms with van der Waals surface area (Å²) in [5, 5.41) is 10.4. The second-order valence-corrected chi connectivity index (χ2v) is 10.0. The fourth-order valence-corrected chi connectivity index (χ4v) is 5.07. The number of allylic oxidation sites excluding steroid dienone is 2. The number of nitrogens with two attached hydrogens (primary N) is 1. The molecule has 3 aromatic carbocycles. The maximum absolute atomic E-state index is 10.4. The molecule has 6 nitrogen and oxygen atoms in total. The van der Waals surface area contributed by atoms with Gasteiger partial charge in [0.1, 0.15) is 25.1 Å². The quantitative estimate of drug-likeness (QED) is 0.377. The first-order chi connectivity index (χ1) is 19.1. The molecule has 2 aliphatic heterocycles. The molecule has 0 saturated carbocycles. The van der Waals surface area contributed by atoms with E-state index in [-0.39, 0.29) is 5.75 Å². The Kier molecular flexibility index (Phi) is 8.59. The molecule has 1 fully saturated rings. The molecule has 1 atom stereocenters. The zero-order valence-corrected chi connectivity index (χ0v) is 22.0. The van der Waals surface area contributed by atoms with Crippen LogP contribution in [-0.4, -0.2) is 48.9 Å². The summed E-state index contributed by atoms with van der Waals surface area (Å²) < 4.78 is 6.03. The molecular weight excluding hydrogens is 483 g/mol. The van der Waals surface area contributed by atoms with Crippen LogP contribution in [0.3, 0.4) is 0 Å². The van der Waals surface area contributed by atoms with E-state index < -0.39 is 0 Å². The van der Waals surface area contributed by atoms with Gasteiger partial charge in [-0.25, -0.2) is 0 Å². The Morgan fingerprint density at radius 2 is 1.87 bits per heavy atom. The number of hydrogen-bond donors (Lipinski definition) is 2. The first kappa shape index (κ1) is 26.5. The van der Waals surface area contributed by atoms with Crippen LogP contribution in [0, 0.1) is 5.92 Å². The minimum Gasteiger partial charge on any atom is -0.507 e. The van der Waals surface area contributed by atoms with Crippen LogP contribution in [0.5, 0.6) is 17.2 Å². The molecule has 7 heteroatoms. The van der Waals surface area contributed by atoms with E-state index in [9.17, 15) is 5.11 Å². The predicted molar refractivity (Wildman–Crippen MR) is 159 cm³/mol. The lowest BCUT2D eigenvalue weighted by atomic mass is 9.87. The smallest absolute Gasteiger partial charge is 0.127 e. The van der Waals surface area contributed by atoms with Crippen LogP contribution in [0.25, 0.3) is 5.70 Å². The van der Waals surface area contributed by atoms with E-state index in [2.05, 4.69) is 28.1 Å². The zero-order chi connectivity index (χ0) is 27.0. The van der Waals surface area contributed by atoms with Gasteiger partial charge < -0.3 is 15.6 Å². The molecule has 39 heavy (non-hydrogen) atoms. The van der Waals surface area contributed by atoms with Gasteiger partial charge >= 0.3 is 0 Å². The number of ether oxygens (including phenoxy) is 1. The monoisotopic (exact) mass is 516 g/mol. The van der Waals surface area contributed by atoms with Crippen LogP contribution >= 0.6 is 0 Å². The van der Waals surface area contributed by atoms with E-state index in [1.54, 1.807) is 12.1 Å². The fraction of sp³-hybridized carbons (Fsp3) is 0.250. The average molecular weight is 516 g/mol. The minimum absolute atomic E-state index is 0.171. The van der Waals surface area contributed by atoms with Gasteiger partial charge in [0.25, 0.3) is 0 Å². The van der Waals surface area contributed by atoms with Crippen LogP contribution in [0.4, 0.5) is 0 Å². The summed E-state index contributed by atoms with van der Waals surface area (Å²) in [6.45, 7) is 3.67. The van der Waals surface area contributed by atoms with E-state index in [0.29, 0.717) is 34.8 Å². The number of phenolic OH excluding ortho intramolecular Hbond substituents is 1. The number of phenols is 1. The van der Waals surface area contributed by atoms with Crippen molar-refractivity contribution in [3.05, 3.63) is 108 Å². The van der Waals surface area contributed by atoms with Crippen molar-refractivity contribution in [2.75, 3.05) is 19.6 Å². The Morgan fingerprint density at radius 1 is 1.08 bits per heavy atom. The fourth-order valence-electron chi connectivity index (χ4n) is 5.07. The van der Waals surface area contributed by atoms with E-state index in [1.165, 1.54) is 11.8 Å². The highest BCUT2D eigenvalue weighted by atomic mass is 16.5. The number of benzene rings is 3. The lowest BCUT2D eigenvalue weighted by Crippen LogP contribution is -2.36. The normalized spacial score (nSPS) is 19.4. The molecule has 2 radical (unpaired) electrons. The third-order valence-corrected chi connectivity index (χ3v) is 7.04. The maximum Gasteiger partial charge on any atom is 0.127 e. The van der Waals surface area contributed by atoms with Crippen molar-refractivity contribution in [2.24, 2.45) is 21.6 Å². The summed E-state index contributed by atoms with van der Waals surface area (Å²) in [6, 6.07) is 25.4. The molecule has 196 valence electrons. The molecule has 5 rings (SSSR count). The standard InChI is InChI=1S/C32H33BN4O2/c33-29(19-34)31-18-25(17-30(36-31)28-13-4-5-14-32(28)38)35-20-24-9-7-15-37(22-24)21-23-8-6-12-27(16-23)39-26-10-2-1-3-11-26/h1-6,8,10-14,16-17,19,24,38H,7,9,15,18,20-22,34H2. The van der Waals surface area contributed by atoms with Gasteiger partial charge in [0.2, 0.25) is 0 Å². The molecule has 1 unspecified atom stereocenters. The third-order valence-electron chi connectivity index (χ3n) is 7.04. The summed E-state index contributed by atoms with van der Waals surface area (Å²) in [4.78, 5) is 12.2. The number of piperidine rings is 1. The van der Waals surface area contributed by atoms with Gasteiger partial charge in [-0.05, 0) is 79.5 Å². The molecular formula is C32H33BN4O2. The highest BCUT2D eigenvalue weighted by molar-refractivity contribution is 6.41. The van der Waals surface area contributed by atoms with Crippen molar-refractivity contribution >= 4 is 25.0 Å². The summed E-state index contributed by atoms with van der Waals surface area (Å²) in [7, 11) is 6.12. The molecule has 0 aliphatic carbocycles. The van der Waals surface area contributed by atoms with E-state index in [4.69, 9.17) is 23.3 Å². The van der Waals surface area contributed by atoms with E-state index >= 15 is 0 Å². The van der Waals surface area contributed by atoms with Crippen LogP contribution in [0.15, 0.2) is 107 Å². The van der Waals surface area contributed by atoms with E-state index in [1.807, 2.05) is 54.6 Å². The molecule has 3 N–H and O–H groups in total. The van der Waals surface area contributed by atoms with Crippen molar-refractivity contribution in [1.82, 2.24) is 4.90 Å². The molecule has 0 aromatic heterocycles. The molecule has 2 aliphatic rings. The van der Waals surface area contributed by atoms with Gasteiger partial charge in [-0.3, -0.25) is 14.9 Å². The van der Waals surface area contributed by atoms with Crippen molar-refractivity contribution in [2.45, 2.75) is 25.8 Å². The minimum atomic E-state index is 0.171. The Balaban J connectivity index is 1.25. The number of nitrogens with zero attached hydrogens (tertiary/aromatic N) is 3. The van der Waals surface area contributed by atoms with Crippen molar-refractivity contribution < 1.29 is 9.84 Å². The highest BCUT2D eigenvalue weighted by Gasteiger charge is 2.21. The second-order valence-electron chi connectivity index (χ2n) is 10.0. The van der Waals surface area contributed by atoms with Crippen LogP contribution < -0.4 is 10.5 Å². The van der Waals surface area contributed by atoms with Gasteiger partial charge in [0, 0.05) is 43.0 Å². The average Bonchev–Trinajstić information content (AvgIpc) is 2.97. The number of aromatic hydroxyl groups is 1. The number of aliphatic imine (C=N–C) groups is 2. The summed E-state index contributed by atoms with van der Waals surface area (Å²) in [6.07, 6.45) is 6.11. The first-order valence-corrected chi connectivity index (χ1v) is 13.4. The molecule has 2 heterocycles. The van der Waals surface area contributed by atoms with E-state index in [0.717, 1.165) is 56.2 Å². The maximum atomic E-state index is 10.4. The largest absolute Gasteiger partial charge is 0.507 e. The zero-order valence-electron chi connectivity index (χ0n) is 22.0. The molecule has 0 amide bonds. The van der Waals surface area contributed by atoms with Crippen LogP contribution in [0.2, 0.25) is 0 Å². The molecule has 3 aromatic rings. The highest BCUT2D eigenvalue weighted by Crippen LogP contribution is 2.29. The van der Waals surface area contributed by atoms with Gasteiger partial charge in [-0.2, -0.15) is 0 Å². The Bertz CT molecular complexity index is 1410. The van der Waals surface area contributed by atoms with Gasteiger partial charge in [0.15, 0.2) is 0 Å². The predicted octanol–water partition coefficient (Wildman–Crippen LogP) is 5.69. The lowest BCUT2D eigenvalue weighted by molar-refractivity contribution is 0.171. The van der Waals surface area contributed by atoms with Crippen molar-refractivity contribution in [3.8, 4) is 17.2 Å². The molecule has 0 bridgehead atoms. The number of likely N-dealkylation sites (tertiary alicyclic amines) is 1. The Labute approximate surface area is 231 Å². The molecule has 1 saturated heterocycles. The van der Waals surface area contributed by atoms with Crippen LogP contribution in [-0.2, 0) is 6.54 Å². The van der Waals surface area contributed by atoms with Crippen molar-refractivity contribution in [1.29, 1.82) is 0 Å². The summed E-state index contributed by atoms with van der Waals surface area (Å²) in [5.74, 6) is 2.32. The SMILES string of the molecule is [B]C(=CN)C1=NC(c2ccccc2O)=CC(=NCC2CCCN(Cc3cccc(Oc4ccccc4)c3)C2)C1. The number of rotatable bonds is 8. The van der Waals surface area contributed by atoms with Gasteiger partial charge in [0.05, 0.1) is 5.70 Å². The number of para-hydroxylation sites is 2. The number of hydrogen-bond acceptors (Lipinski definition) is 6. The van der Waals surface area contributed by atoms with Crippen molar-refractivity contribution in [3.63, 3.8) is 0 Å². The topological polar surface area (TPSA) is 83.4 Å². The van der Waals surface area contributed by atoms with Gasteiger partial charge in [-0.15, -0.1) is 0 Å². The first-order valence-electron chi connectivity index (χ1n) is 13.4. The third kappa shape index (κ3) is 7.06. The Hall–Kier alpha value is -4.10. The second kappa shape index (κ2) is 12.6. The summed E-state index contributed by atoms with van der Waals surface area (Å²) in [5.41, 5.74) is 10.2. The molecule has 0 spiro atoms. The van der Waals surface area contributed by atoms with Gasteiger partial charge in [-0.1, -0.05) is 47.9 Å². The van der Waals surface area contributed by atoms with Crippen LogP contribution in [0.1, 0.15) is 30.4 Å². The Morgan fingerprint density at radius 3 is 2.69 bits per heavy atom.